The number of hydrogen-bond donors (Lipinski definition) is 1. The molecule has 1 aromatic carbocycles. The molecule has 0 saturated heterocycles. The van der Waals surface area contributed by atoms with Crippen LogP contribution < -0.4 is 0 Å². The van der Waals surface area contributed by atoms with E-state index in [0.717, 1.165) is 18.5 Å². The molecule has 2 rings (SSSR count). The van der Waals surface area contributed by atoms with Gasteiger partial charge >= 0.3 is 0 Å². The fourth-order valence-corrected chi connectivity index (χ4v) is 2.92. The molecule has 0 spiro atoms. The highest BCUT2D eigenvalue weighted by atomic mass is 16.3. The van der Waals surface area contributed by atoms with Crippen LogP contribution in [0, 0.1) is 5.92 Å². The summed E-state index contributed by atoms with van der Waals surface area (Å²) in [5, 5.41) is 9.36. The molecule has 0 aliphatic heterocycles. The summed E-state index contributed by atoms with van der Waals surface area (Å²) < 4.78 is 0. The van der Waals surface area contributed by atoms with E-state index in [9.17, 15) is 5.11 Å². The first-order valence-corrected chi connectivity index (χ1v) is 7.67. The third-order valence-corrected chi connectivity index (χ3v) is 4.16. The Kier molecular flexibility index (Phi) is 5.26. The minimum atomic E-state index is 0.360. The minimum Gasteiger partial charge on any atom is -0.508 e. The number of rotatable bonds is 6. The summed E-state index contributed by atoms with van der Waals surface area (Å²) in [6.07, 6.45) is 6.76. The van der Waals surface area contributed by atoms with Crippen LogP contribution in [0.2, 0.25) is 0 Å². The van der Waals surface area contributed by atoms with Crippen LogP contribution in [0.3, 0.4) is 0 Å². The van der Waals surface area contributed by atoms with Crippen LogP contribution in [0.15, 0.2) is 24.3 Å². The molecule has 1 aromatic rings. The van der Waals surface area contributed by atoms with Gasteiger partial charge in [0.1, 0.15) is 5.75 Å². The molecule has 1 fully saturated rings. The van der Waals surface area contributed by atoms with E-state index < -0.39 is 0 Å². The fraction of sp³-hybridized carbons (Fsp3) is 0.647. The van der Waals surface area contributed by atoms with Crippen molar-refractivity contribution in [3.8, 4) is 5.75 Å². The standard InChI is InChI=1S/C17H27NO/c1-14(2)11-12-18(16-5-3-4-6-16)13-15-7-9-17(19)10-8-15/h7-10,14,16,19H,3-6,11-13H2,1-2H3. The van der Waals surface area contributed by atoms with Crippen LogP contribution in [0.1, 0.15) is 51.5 Å². The molecule has 2 nitrogen and oxygen atoms in total. The normalized spacial score (nSPS) is 16.6. The lowest BCUT2D eigenvalue weighted by molar-refractivity contribution is 0.179. The zero-order valence-corrected chi connectivity index (χ0v) is 12.3. The minimum absolute atomic E-state index is 0.360. The summed E-state index contributed by atoms with van der Waals surface area (Å²) in [7, 11) is 0. The van der Waals surface area contributed by atoms with E-state index >= 15 is 0 Å². The second kappa shape index (κ2) is 6.95. The number of aromatic hydroxyl groups is 1. The van der Waals surface area contributed by atoms with Gasteiger partial charge < -0.3 is 5.11 Å². The molecular formula is C17H27NO. The molecule has 0 atom stereocenters. The monoisotopic (exact) mass is 261 g/mol. The van der Waals surface area contributed by atoms with Crippen LogP contribution in [-0.2, 0) is 6.54 Å². The predicted molar refractivity (Wildman–Crippen MR) is 80.2 cm³/mol. The van der Waals surface area contributed by atoms with Crippen molar-refractivity contribution in [2.24, 2.45) is 5.92 Å². The lowest BCUT2D eigenvalue weighted by Crippen LogP contribution is -2.34. The van der Waals surface area contributed by atoms with E-state index in [0.29, 0.717) is 5.75 Å². The van der Waals surface area contributed by atoms with Gasteiger partial charge in [-0.25, -0.2) is 0 Å². The highest BCUT2D eigenvalue weighted by Crippen LogP contribution is 2.26. The first kappa shape index (κ1) is 14.4. The van der Waals surface area contributed by atoms with E-state index in [-0.39, 0.29) is 0 Å². The Bertz CT molecular complexity index is 365. The van der Waals surface area contributed by atoms with Crippen molar-refractivity contribution in [3.05, 3.63) is 29.8 Å². The van der Waals surface area contributed by atoms with E-state index in [2.05, 4.69) is 18.7 Å². The van der Waals surface area contributed by atoms with Gasteiger partial charge in [0.15, 0.2) is 0 Å². The van der Waals surface area contributed by atoms with Gasteiger partial charge in [0.05, 0.1) is 0 Å². The summed E-state index contributed by atoms with van der Waals surface area (Å²) >= 11 is 0. The van der Waals surface area contributed by atoms with Gasteiger partial charge in [-0.3, -0.25) is 4.90 Å². The topological polar surface area (TPSA) is 23.5 Å². The molecular weight excluding hydrogens is 234 g/mol. The summed E-state index contributed by atoms with van der Waals surface area (Å²) in [5.41, 5.74) is 1.31. The summed E-state index contributed by atoms with van der Waals surface area (Å²) in [5.74, 6) is 1.13. The van der Waals surface area contributed by atoms with Gasteiger partial charge in [0.2, 0.25) is 0 Å². The number of nitrogens with zero attached hydrogens (tertiary/aromatic N) is 1. The summed E-state index contributed by atoms with van der Waals surface area (Å²) in [6, 6.07) is 8.46. The van der Waals surface area contributed by atoms with Gasteiger partial charge in [0.25, 0.3) is 0 Å². The molecule has 1 aliphatic rings. The van der Waals surface area contributed by atoms with Crippen LogP contribution in [-0.4, -0.2) is 22.6 Å². The van der Waals surface area contributed by atoms with Crippen LogP contribution >= 0.6 is 0 Å². The smallest absolute Gasteiger partial charge is 0.115 e. The molecule has 0 unspecified atom stereocenters. The van der Waals surface area contributed by atoms with Crippen molar-refractivity contribution in [1.29, 1.82) is 0 Å². The van der Waals surface area contributed by atoms with Crippen molar-refractivity contribution >= 4 is 0 Å². The maximum Gasteiger partial charge on any atom is 0.115 e. The molecule has 0 bridgehead atoms. The first-order valence-electron chi connectivity index (χ1n) is 7.67. The lowest BCUT2D eigenvalue weighted by Gasteiger charge is -2.29. The molecule has 0 amide bonds. The van der Waals surface area contributed by atoms with Crippen molar-refractivity contribution in [3.63, 3.8) is 0 Å². The second-order valence-electron chi connectivity index (χ2n) is 6.26. The summed E-state index contributed by atoms with van der Waals surface area (Å²) in [4.78, 5) is 2.65. The van der Waals surface area contributed by atoms with E-state index in [1.807, 2.05) is 12.1 Å². The number of phenols is 1. The number of benzene rings is 1. The average Bonchev–Trinajstić information content (AvgIpc) is 2.90. The zero-order chi connectivity index (χ0) is 13.7. The van der Waals surface area contributed by atoms with Crippen LogP contribution in [0.4, 0.5) is 0 Å². The zero-order valence-electron chi connectivity index (χ0n) is 12.3. The third kappa shape index (κ3) is 4.54. The molecule has 19 heavy (non-hydrogen) atoms. The van der Waals surface area contributed by atoms with Crippen molar-refractivity contribution in [2.75, 3.05) is 6.54 Å². The predicted octanol–water partition coefficient (Wildman–Crippen LogP) is 4.18. The molecule has 0 radical (unpaired) electrons. The molecule has 2 heteroatoms. The average molecular weight is 261 g/mol. The Morgan fingerprint density at radius 1 is 1.16 bits per heavy atom. The molecule has 1 N–H and O–H groups in total. The molecule has 106 valence electrons. The number of phenolic OH excluding ortho intramolecular Hbond substituents is 1. The van der Waals surface area contributed by atoms with Gasteiger partial charge in [-0.2, -0.15) is 0 Å². The van der Waals surface area contributed by atoms with E-state index in [1.165, 1.54) is 44.2 Å². The van der Waals surface area contributed by atoms with Gasteiger partial charge in [-0.1, -0.05) is 38.8 Å². The Balaban J connectivity index is 1.97. The second-order valence-corrected chi connectivity index (χ2v) is 6.26. The van der Waals surface area contributed by atoms with Crippen molar-refractivity contribution in [2.45, 2.75) is 58.5 Å². The maximum absolute atomic E-state index is 9.36. The molecule has 1 saturated carbocycles. The quantitative estimate of drug-likeness (QED) is 0.830. The maximum atomic E-state index is 9.36. The van der Waals surface area contributed by atoms with E-state index in [1.54, 1.807) is 12.1 Å². The molecule has 1 aliphatic carbocycles. The Hall–Kier alpha value is -1.02. The SMILES string of the molecule is CC(C)CCN(Cc1ccc(O)cc1)C1CCCC1. The summed E-state index contributed by atoms with van der Waals surface area (Å²) in [6.45, 7) is 6.82. The Morgan fingerprint density at radius 2 is 1.79 bits per heavy atom. The Labute approximate surface area is 117 Å². The Morgan fingerprint density at radius 3 is 2.37 bits per heavy atom. The van der Waals surface area contributed by atoms with Crippen molar-refractivity contribution in [1.82, 2.24) is 4.90 Å². The van der Waals surface area contributed by atoms with Crippen LogP contribution in [0.25, 0.3) is 0 Å². The van der Waals surface area contributed by atoms with Gasteiger partial charge in [0, 0.05) is 12.6 Å². The highest BCUT2D eigenvalue weighted by molar-refractivity contribution is 5.25. The molecule has 0 heterocycles. The van der Waals surface area contributed by atoms with Gasteiger partial charge in [-0.05, 0) is 49.4 Å². The number of hydrogen-bond acceptors (Lipinski definition) is 2. The largest absolute Gasteiger partial charge is 0.508 e. The lowest BCUT2D eigenvalue weighted by atomic mass is 10.1. The fourth-order valence-electron chi connectivity index (χ4n) is 2.92. The first-order chi connectivity index (χ1) is 9.15. The third-order valence-electron chi connectivity index (χ3n) is 4.16. The molecule has 0 aromatic heterocycles. The van der Waals surface area contributed by atoms with Crippen LogP contribution in [0.5, 0.6) is 5.75 Å². The highest BCUT2D eigenvalue weighted by Gasteiger charge is 2.22. The van der Waals surface area contributed by atoms with Gasteiger partial charge in [-0.15, -0.1) is 0 Å². The van der Waals surface area contributed by atoms with Crippen molar-refractivity contribution < 1.29 is 5.11 Å². The van der Waals surface area contributed by atoms with E-state index in [4.69, 9.17) is 0 Å².